The number of carboxylic acid groups (broad SMARTS) is 1. The van der Waals surface area contributed by atoms with Crippen LogP contribution in [0.1, 0.15) is 24.8 Å². The zero-order valence-electron chi connectivity index (χ0n) is 14.9. The number of rotatable bonds is 4. The van der Waals surface area contributed by atoms with Gasteiger partial charge in [-0.2, -0.15) is 0 Å². The van der Waals surface area contributed by atoms with Crippen LogP contribution in [0.2, 0.25) is 0 Å². The summed E-state index contributed by atoms with van der Waals surface area (Å²) in [5.74, 6) is -0.225. The van der Waals surface area contributed by atoms with Crippen LogP contribution in [0.25, 0.3) is 0 Å². The van der Waals surface area contributed by atoms with E-state index in [1.165, 1.54) is 12.0 Å². The third-order valence-corrected chi connectivity index (χ3v) is 5.10. The molecule has 26 heavy (non-hydrogen) atoms. The number of carbonyl (C=O) groups excluding carboxylic acids is 2. The minimum atomic E-state index is -0.945. The molecule has 8 heteroatoms. The van der Waals surface area contributed by atoms with Crippen LogP contribution < -0.4 is 4.90 Å². The molecule has 2 aliphatic rings. The van der Waals surface area contributed by atoms with Gasteiger partial charge in [0.1, 0.15) is 0 Å². The van der Waals surface area contributed by atoms with Crippen molar-refractivity contribution in [1.82, 2.24) is 9.80 Å². The molecule has 1 N–H and O–H groups in total. The van der Waals surface area contributed by atoms with Crippen molar-refractivity contribution < 1.29 is 24.2 Å². The first-order valence-electron chi connectivity index (χ1n) is 8.63. The summed E-state index contributed by atoms with van der Waals surface area (Å²) in [6.07, 6.45) is -0.640. The summed E-state index contributed by atoms with van der Waals surface area (Å²) in [6, 6.07) is 7.36. The number of urea groups is 1. The molecule has 2 unspecified atom stereocenters. The van der Waals surface area contributed by atoms with E-state index < -0.39 is 6.09 Å². The van der Waals surface area contributed by atoms with E-state index in [1.807, 2.05) is 31.2 Å². The second-order valence-electron chi connectivity index (χ2n) is 6.74. The Bertz CT molecular complexity index is 705. The molecule has 1 aromatic carbocycles. The Kier molecular flexibility index (Phi) is 5.01. The molecular weight excluding hydrogens is 338 g/mol. The van der Waals surface area contributed by atoms with Crippen molar-refractivity contribution >= 4 is 23.8 Å². The average molecular weight is 361 g/mol. The van der Waals surface area contributed by atoms with Crippen LogP contribution in [-0.4, -0.2) is 72.3 Å². The van der Waals surface area contributed by atoms with Crippen LogP contribution in [0.3, 0.4) is 0 Å². The summed E-state index contributed by atoms with van der Waals surface area (Å²) in [5, 5.41) is 9.15. The van der Waals surface area contributed by atoms with Gasteiger partial charge in [0.2, 0.25) is 0 Å². The maximum absolute atomic E-state index is 12.6. The Morgan fingerprint density at radius 1 is 1.23 bits per heavy atom. The average Bonchev–Trinajstić information content (AvgIpc) is 2.97. The fourth-order valence-corrected chi connectivity index (χ4v) is 3.53. The molecule has 3 rings (SSSR count). The van der Waals surface area contributed by atoms with Crippen molar-refractivity contribution in [3.63, 3.8) is 0 Å². The zero-order valence-corrected chi connectivity index (χ0v) is 14.9. The van der Waals surface area contributed by atoms with Gasteiger partial charge < -0.3 is 19.6 Å². The standard InChI is InChI=1S/C18H23N3O5/c1-12(9-16(22)26-2)13-3-5-14(6-4-13)21-11-15-10-19(18(24)25)7-8-20(15)17(21)23/h3-6,12,15H,7-11H2,1-2H3,(H,24,25). The van der Waals surface area contributed by atoms with Crippen molar-refractivity contribution in [3.8, 4) is 0 Å². The van der Waals surface area contributed by atoms with Gasteiger partial charge in [0, 0.05) is 31.9 Å². The number of hydrogen-bond acceptors (Lipinski definition) is 4. The normalized spacial score (nSPS) is 20.8. The number of fused-ring (bicyclic) bond motifs is 1. The highest BCUT2D eigenvalue weighted by atomic mass is 16.5. The molecule has 3 amide bonds. The lowest BCUT2D eigenvalue weighted by atomic mass is 9.97. The number of nitrogens with zero attached hydrogens (tertiary/aromatic N) is 3. The minimum Gasteiger partial charge on any atom is -0.469 e. The number of esters is 1. The zero-order chi connectivity index (χ0) is 18.8. The summed E-state index contributed by atoms with van der Waals surface area (Å²) in [5.41, 5.74) is 1.78. The number of ether oxygens (including phenoxy) is 1. The van der Waals surface area contributed by atoms with E-state index in [0.717, 1.165) is 11.3 Å². The third kappa shape index (κ3) is 3.44. The van der Waals surface area contributed by atoms with Gasteiger partial charge in [-0.05, 0) is 23.6 Å². The molecule has 0 aromatic heterocycles. The molecule has 0 spiro atoms. The lowest BCUT2D eigenvalue weighted by molar-refractivity contribution is -0.140. The van der Waals surface area contributed by atoms with Crippen LogP contribution in [0.15, 0.2) is 24.3 Å². The van der Waals surface area contributed by atoms with Crippen LogP contribution in [0.4, 0.5) is 15.3 Å². The largest absolute Gasteiger partial charge is 0.469 e. The maximum Gasteiger partial charge on any atom is 0.407 e. The van der Waals surface area contributed by atoms with Crippen molar-refractivity contribution in [3.05, 3.63) is 29.8 Å². The molecule has 0 aliphatic carbocycles. The lowest BCUT2D eigenvalue weighted by Gasteiger charge is -2.34. The van der Waals surface area contributed by atoms with Crippen LogP contribution >= 0.6 is 0 Å². The summed E-state index contributed by atoms with van der Waals surface area (Å²) in [6.45, 7) is 3.52. The number of hydrogen-bond donors (Lipinski definition) is 1. The fourth-order valence-electron chi connectivity index (χ4n) is 3.53. The van der Waals surface area contributed by atoms with Crippen LogP contribution in [0.5, 0.6) is 0 Å². The van der Waals surface area contributed by atoms with E-state index in [1.54, 1.807) is 9.80 Å². The lowest BCUT2D eigenvalue weighted by Crippen LogP contribution is -2.53. The van der Waals surface area contributed by atoms with Gasteiger partial charge in [-0.3, -0.25) is 9.69 Å². The molecule has 2 heterocycles. The second-order valence-corrected chi connectivity index (χ2v) is 6.74. The molecule has 2 fully saturated rings. The van der Waals surface area contributed by atoms with Gasteiger partial charge in [0.25, 0.3) is 0 Å². The SMILES string of the molecule is COC(=O)CC(C)c1ccc(N2CC3CN(C(=O)O)CCN3C2=O)cc1. The minimum absolute atomic E-state index is 0.0289. The van der Waals surface area contributed by atoms with Crippen LogP contribution in [0, 0.1) is 0 Å². The predicted octanol–water partition coefficient (Wildman–Crippen LogP) is 1.96. The molecular formula is C18H23N3O5. The number of carbonyl (C=O) groups is 3. The number of amides is 3. The van der Waals surface area contributed by atoms with Crippen molar-refractivity contribution in [2.75, 3.05) is 38.2 Å². The Morgan fingerprint density at radius 2 is 1.92 bits per heavy atom. The molecule has 2 atom stereocenters. The summed E-state index contributed by atoms with van der Waals surface area (Å²) in [4.78, 5) is 40.0. The molecule has 8 nitrogen and oxygen atoms in total. The Labute approximate surface area is 151 Å². The Balaban J connectivity index is 1.69. The second kappa shape index (κ2) is 7.23. The molecule has 0 saturated carbocycles. The van der Waals surface area contributed by atoms with Gasteiger partial charge in [0.05, 0.1) is 19.6 Å². The number of methoxy groups -OCH3 is 1. The number of anilines is 1. The van der Waals surface area contributed by atoms with E-state index in [-0.39, 0.29) is 24.0 Å². The van der Waals surface area contributed by atoms with Crippen LogP contribution in [-0.2, 0) is 9.53 Å². The monoisotopic (exact) mass is 361 g/mol. The molecule has 2 saturated heterocycles. The van der Waals surface area contributed by atoms with Gasteiger partial charge in [-0.15, -0.1) is 0 Å². The van der Waals surface area contributed by atoms with Gasteiger partial charge in [-0.1, -0.05) is 19.1 Å². The Morgan fingerprint density at radius 3 is 2.54 bits per heavy atom. The van der Waals surface area contributed by atoms with Crippen molar-refractivity contribution in [2.45, 2.75) is 25.3 Å². The Hall–Kier alpha value is -2.77. The predicted molar refractivity (Wildman–Crippen MR) is 94.3 cm³/mol. The first-order chi connectivity index (χ1) is 12.4. The summed E-state index contributed by atoms with van der Waals surface area (Å²) < 4.78 is 4.70. The highest BCUT2D eigenvalue weighted by molar-refractivity contribution is 5.95. The molecule has 2 aliphatic heterocycles. The number of piperazine rings is 1. The van der Waals surface area contributed by atoms with Crippen molar-refractivity contribution in [2.24, 2.45) is 0 Å². The van der Waals surface area contributed by atoms with E-state index in [2.05, 4.69) is 0 Å². The third-order valence-electron chi connectivity index (χ3n) is 5.10. The van der Waals surface area contributed by atoms with Gasteiger partial charge in [-0.25, -0.2) is 9.59 Å². The smallest absolute Gasteiger partial charge is 0.407 e. The van der Waals surface area contributed by atoms with Gasteiger partial charge in [0.15, 0.2) is 0 Å². The van der Waals surface area contributed by atoms with E-state index in [0.29, 0.717) is 32.6 Å². The quantitative estimate of drug-likeness (QED) is 0.828. The molecule has 0 bridgehead atoms. The molecule has 0 radical (unpaired) electrons. The fraction of sp³-hybridized carbons (Fsp3) is 0.500. The van der Waals surface area contributed by atoms with E-state index in [9.17, 15) is 14.4 Å². The summed E-state index contributed by atoms with van der Waals surface area (Å²) in [7, 11) is 1.37. The summed E-state index contributed by atoms with van der Waals surface area (Å²) >= 11 is 0. The highest BCUT2D eigenvalue weighted by Crippen LogP contribution is 2.28. The first-order valence-corrected chi connectivity index (χ1v) is 8.63. The van der Waals surface area contributed by atoms with E-state index in [4.69, 9.17) is 9.84 Å². The van der Waals surface area contributed by atoms with Crippen molar-refractivity contribution in [1.29, 1.82) is 0 Å². The maximum atomic E-state index is 12.6. The van der Waals surface area contributed by atoms with Gasteiger partial charge >= 0.3 is 18.1 Å². The molecule has 140 valence electrons. The number of benzene rings is 1. The topological polar surface area (TPSA) is 90.4 Å². The molecule has 1 aromatic rings. The first kappa shape index (κ1) is 18.0. The van der Waals surface area contributed by atoms with E-state index >= 15 is 0 Å². The highest BCUT2D eigenvalue weighted by Gasteiger charge is 2.42.